The number of rotatable bonds is 7. The molecule has 0 spiro atoms. The first-order valence-corrected chi connectivity index (χ1v) is 6.58. The smallest absolute Gasteiger partial charge is 0.137 e. The summed E-state index contributed by atoms with van der Waals surface area (Å²) in [7, 11) is 0. The predicted molar refractivity (Wildman–Crippen MR) is 73.2 cm³/mol. The van der Waals surface area contributed by atoms with E-state index in [1.165, 1.54) is 0 Å². The van der Waals surface area contributed by atoms with E-state index in [9.17, 15) is 0 Å². The summed E-state index contributed by atoms with van der Waals surface area (Å²) in [5.74, 6) is 1.66. The number of hydrogen-bond donors (Lipinski definition) is 1. The maximum atomic E-state index is 5.96. The van der Waals surface area contributed by atoms with E-state index >= 15 is 0 Å². The van der Waals surface area contributed by atoms with E-state index < -0.39 is 0 Å². The molecule has 0 atom stereocenters. The molecular formula is C13H24N4. The minimum Gasteiger partial charge on any atom is -0.383 e. The van der Waals surface area contributed by atoms with Gasteiger partial charge in [0.15, 0.2) is 0 Å². The molecule has 0 aliphatic carbocycles. The fraction of sp³-hybridized carbons (Fsp3) is 0.692. The monoisotopic (exact) mass is 236 g/mol. The fourth-order valence-corrected chi connectivity index (χ4v) is 2.04. The summed E-state index contributed by atoms with van der Waals surface area (Å²) in [5.41, 5.74) is 7.07. The molecule has 0 radical (unpaired) electrons. The molecule has 0 saturated heterocycles. The van der Waals surface area contributed by atoms with E-state index in [-0.39, 0.29) is 0 Å². The van der Waals surface area contributed by atoms with E-state index in [1.54, 1.807) is 6.33 Å². The lowest BCUT2D eigenvalue weighted by Gasteiger charge is -2.25. The van der Waals surface area contributed by atoms with Crippen molar-refractivity contribution in [2.75, 3.05) is 23.7 Å². The maximum absolute atomic E-state index is 5.96. The van der Waals surface area contributed by atoms with Crippen LogP contribution in [0.5, 0.6) is 0 Å². The molecule has 1 heterocycles. The molecule has 4 heteroatoms. The van der Waals surface area contributed by atoms with Crippen LogP contribution in [0.2, 0.25) is 0 Å². The van der Waals surface area contributed by atoms with Gasteiger partial charge in [0.25, 0.3) is 0 Å². The van der Waals surface area contributed by atoms with E-state index in [0.717, 1.165) is 50.2 Å². The first-order valence-electron chi connectivity index (χ1n) is 6.58. The van der Waals surface area contributed by atoms with Gasteiger partial charge in [-0.15, -0.1) is 0 Å². The second kappa shape index (κ2) is 7.09. The molecule has 4 nitrogen and oxygen atoms in total. The molecular weight excluding hydrogens is 212 g/mol. The van der Waals surface area contributed by atoms with Crippen molar-refractivity contribution in [3.63, 3.8) is 0 Å². The Morgan fingerprint density at radius 3 is 2.24 bits per heavy atom. The summed E-state index contributed by atoms with van der Waals surface area (Å²) < 4.78 is 0. The van der Waals surface area contributed by atoms with Gasteiger partial charge in [0, 0.05) is 18.7 Å². The van der Waals surface area contributed by atoms with E-state index in [1.807, 2.05) is 0 Å². The summed E-state index contributed by atoms with van der Waals surface area (Å²) in [6.07, 6.45) is 5.83. The van der Waals surface area contributed by atoms with Crippen LogP contribution in [-0.4, -0.2) is 23.1 Å². The fourth-order valence-electron chi connectivity index (χ4n) is 2.04. The lowest BCUT2D eigenvalue weighted by molar-refractivity contribution is 0.724. The molecule has 0 bridgehead atoms. The minimum atomic E-state index is 0.633. The summed E-state index contributed by atoms with van der Waals surface area (Å²) in [6, 6.07) is 0. The first-order chi connectivity index (χ1) is 8.24. The van der Waals surface area contributed by atoms with Gasteiger partial charge < -0.3 is 10.6 Å². The van der Waals surface area contributed by atoms with Gasteiger partial charge in [-0.05, 0) is 19.3 Å². The zero-order chi connectivity index (χ0) is 12.7. The van der Waals surface area contributed by atoms with E-state index in [4.69, 9.17) is 5.73 Å². The van der Waals surface area contributed by atoms with Crippen molar-refractivity contribution in [2.24, 2.45) is 0 Å². The van der Waals surface area contributed by atoms with E-state index in [2.05, 4.69) is 35.6 Å². The number of nitrogens with zero attached hydrogens (tertiary/aromatic N) is 3. The lowest BCUT2D eigenvalue weighted by Crippen LogP contribution is -2.27. The molecule has 2 N–H and O–H groups in total. The molecule has 0 aliphatic rings. The van der Waals surface area contributed by atoms with Crippen molar-refractivity contribution in [1.82, 2.24) is 9.97 Å². The summed E-state index contributed by atoms with van der Waals surface area (Å²) in [6.45, 7) is 8.58. The highest BCUT2D eigenvalue weighted by molar-refractivity contribution is 5.56. The third kappa shape index (κ3) is 3.58. The van der Waals surface area contributed by atoms with Crippen LogP contribution in [0.4, 0.5) is 11.6 Å². The normalized spacial score (nSPS) is 10.5. The number of aromatic nitrogens is 2. The molecule has 1 aromatic heterocycles. The van der Waals surface area contributed by atoms with Crippen molar-refractivity contribution < 1.29 is 0 Å². The summed E-state index contributed by atoms with van der Waals surface area (Å²) >= 11 is 0. The number of hydrogen-bond acceptors (Lipinski definition) is 4. The third-order valence-corrected chi connectivity index (χ3v) is 2.74. The van der Waals surface area contributed by atoms with Crippen molar-refractivity contribution in [1.29, 1.82) is 0 Å². The summed E-state index contributed by atoms with van der Waals surface area (Å²) in [5, 5.41) is 0. The molecule has 96 valence electrons. The van der Waals surface area contributed by atoms with Gasteiger partial charge in [0.2, 0.25) is 0 Å². The molecule has 0 fully saturated rings. The SMILES string of the molecule is CCCc1c(N)ncnc1N(CCC)CCC. The Morgan fingerprint density at radius 1 is 1.06 bits per heavy atom. The molecule has 0 amide bonds. The maximum Gasteiger partial charge on any atom is 0.137 e. The average Bonchev–Trinajstić information content (AvgIpc) is 2.32. The van der Waals surface area contributed by atoms with Gasteiger partial charge in [0.05, 0.1) is 0 Å². The quantitative estimate of drug-likeness (QED) is 0.790. The Labute approximate surface area is 104 Å². The van der Waals surface area contributed by atoms with Crippen LogP contribution in [0.3, 0.4) is 0 Å². The standard InChI is InChI=1S/C13H24N4/c1-4-7-11-12(14)15-10-16-13(11)17(8-5-2)9-6-3/h10H,4-9H2,1-3H3,(H2,14,15,16). The number of nitrogen functional groups attached to an aromatic ring is 1. The Morgan fingerprint density at radius 2 is 1.71 bits per heavy atom. The average molecular weight is 236 g/mol. The second-order valence-electron chi connectivity index (χ2n) is 4.30. The third-order valence-electron chi connectivity index (χ3n) is 2.74. The first kappa shape index (κ1) is 13.7. The second-order valence-corrected chi connectivity index (χ2v) is 4.30. The largest absolute Gasteiger partial charge is 0.383 e. The van der Waals surface area contributed by atoms with E-state index in [0.29, 0.717) is 5.82 Å². The van der Waals surface area contributed by atoms with Crippen LogP contribution in [0.15, 0.2) is 6.33 Å². The van der Waals surface area contributed by atoms with Crippen LogP contribution >= 0.6 is 0 Å². The van der Waals surface area contributed by atoms with Crippen molar-refractivity contribution in [3.05, 3.63) is 11.9 Å². The van der Waals surface area contributed by atoms with Gasteiger partial charge >= 0.3 is 0 Å². The zero-order valence-electron chi connectivity index (χ0n) is 11.2. The van der Waals surface area contributed by atoms with Crippen molar-refractivity contribution in [3.8, 4) is 0 Å². The van der Waals surface area contributed by atoms with Crippen LogP contribution in [-0.2, 0) is 6.42 Å². The minimum absolute atomic E-state index is 0.633. The number of nitrogens with two attached hydrogens (primary N) is 1. The lowest BCUT2D eigenvalue weighted by atomic mass is 10.1. The summed E-state index contributed by atoms with van der Waals surface area (Å²) in [4.78, 5) is 10.9. The zero-order valence-corrected chi connectivity index (χ0v) is 11.2. The van der Waals surface area contributed by atoms with Gasteiger partial charge in [-0.1, -0.05) is 27.2 Å². The van der Waals surface area contributed by atoms with Crippen LogP contribution in [0, 0.1) is 0 Å². The number of anilines is 2. The van der Waals surface area contributed by atoms with Gasteiger partial charge in [-0.25, -0.2) is 9.97 Å². The van der Waals surface area contributed by atoms with Crippen LogP contribution in [0.1, 0.15) is 45.6 Å². The Kier molecular flexibility index (Phi) is 5.73. The highest BCUT2D eigenvalue weighted by Gasteiger charge is 2.14. The highest BCUT2D eigenvalue weighted by atomic mass is 15.2. The topological polar surface area (TPSA) is 55.0 Å². The Hall–Kier alpha value is -1.32. The van der Waals surface area contributed by atoms with Gasteiger partial charge in [-0.3, -0.25) is 0 Å². The van der Waals surface area contributed by atoms with Gasteiger partial charge in [-0.2, -0.15) is 0 Å². The molecule has 0 aliphatic heterocycles. The molecule has 0 unspecified atom stereocenters. The molecule has 0 saturated carbocycles. The van der Waals surface area contributed by atoms with Crippen LogP contribution < -0.4 is 10.6 Å². The van der Waals surface area contributed by atoms with Crippen molar-refractivity contribution >= 4 is 11.6 Å². The molecule has 17 heavy (non-hydrogen) atoms. The Bertz CT molecular complexity index is 332. The molecule has 0 aromatic carbocycles. The van der Waals surface area contributed by atoms with Crippen molar-refractivity contribution in [2.45, 2.75) is 46.5 Å². The highest BCUT2D eigenvalue weighted by Crippen LogP contribution is 2.23. The molecule has 1 aromatic rings. The Balaban J connectivity index is 3.03. The van der Waals surface area contributed by atoms with Crippen LogP contribution in [0.25, 0.3) is 0 Å². The van der Waals surface area contributed by atoms with Gasteiger partial charge in [0.1, 0.15) is 18.0 Å². The molecule has 1 rings (SSSR count). The predicted octanol–water partition coefficient (Wildman–Crippen LogP) is 2.64.